The zero-order chi connectivity index (χ0) is 40.7. The van der Waals surface area contributed by atoms with Crippen molar-refractivity contribution in [3.05, 3.63) is 192 Å². The maximum Gasteiger partial charge on any atom is 0.0465 e. The lowest BCUT2D eigenvalue weighted by Crippen LogP contribution is -2.30. The van der Waals surface area contributed by atoms with E-state index < -0.39 is 0 Å². The molecule has 3 aliphatic carbocycles. The van der Waals surface area contributed by atoms with Crippen LogP contribution >= 0.6 is 11.8 Å². The summed E-state index contributed by atoms with van der Waals surface area (Å²) < 4.78 is 0.119. The van der Waals surface area contributed by atoms with E-state index in [4.69, 9.17) is 0 Å². The average molecular weight is 792 g/mol. The van der Waals surface area contributed by atoms with Crippen LogP contribution in [0.5, 0.6) is 0 Å². The third-order valence-electron chi connectivity index (χ3n) is 14.9. The molecule has 1 aliphatic heterocycles. The van der Waals surface area contributed by atoms with Crippen molar-refractivity contribution in [2.75, 3.05) is 4.90 Å². The molecular formula is C58H49NS. The van der Waals surface area contributed by atoms with Gasteiger partial charge in [-0.15, -0.1) is 11.8 Å². The Morgan fingerprint density at radius 2 is 1.07 bits per heavy atom. The summed E-state index contributed by atoms with van der Waals surface area (Å²) in [5, 5.41) is 5.47. The van der Waals surface area contributed by atoms with Crippen LogP contribution in [-0.4, -0.2) is 4.75 Å². The Bertz CT molecular complexity index is 3040. The standard InChI is InChI=1S/C58H49NS/c1-35-12-11-31-58(6)55(35)54-52(60-58)30-22-37-17-18-39-32-38(21-27-43(39)53(37)54)36-19-23-40(24-20-36)59(41-25-28-46-44-13-7-9-15-48(44)56(2,3)50(46)33-41)42-26-29-47-45-14-8-10-16-49(45)57(4,5)51(47)34-42/h7-11,13-35,55H,12H2,1-6H3. The first-order chi connectivity index (χ1) is 29.0. The van der Waals surface area contributed by atoms with Crippen LogP contribution < -0.4 is 4.90 Å². The summed E-state index contributed by atoms with van der Waals surface area (Å²) in [5.74, 6) is 1.14. The van der Waals surface area contributed by atoms with Crippen LogP contribution in [0.2, 0.25) is 0 Å². The van der Waals surface area contributed by atoms with Crippen molar-refractivity contribution in [2.24, 2.45) is 5.92 Å². The van der Waals surface area contributed by atoms with Gasteiger partial charge in [0, 0.05) is 43.5 Å². The van der Waals surface area contributed by atoms with Gasteiger partial charge in [-0.3, -0.25) is 0 Å². The van der Waals surface area contributed by atoms with Crippen LogP contribution in [0.3, 0.4) is 0 Å². The molecule has 0 N–H and O–H groups in total. The molecule has 12 rings (SSSR count). The Morgan fingerprint density at radius 1 is 0.517 bits per heavy atom. The fraction of sp³-hybridized carbons (Fsp3) is 0.207. The molecule has 292 valence electrons. The summed E-state index contributed by atoms with van der Waals surface area (Å²) in [5.41, 5.74) is 18.3. The lowest BCUT2D eigenvalue weighted by molar-refractivity contribution is 0.406. The molecule has 3 atom stereocenters. The second kappa shape index (κ2) is 12.6. The number of hydrogen-bond acceptors (Lipinski definition) is 2. The SMILES string of the molecule is CC1CC=CC2(C)Sc3ccc4ccc5cc(-c6ccc(N(c7ccc8c(c7)C(C)(C)c7ccccc7-8)c7ccc8c(c7)C(C)(C)c7ccccc7-8)cc6)ccc5c4c3C12. The van der Waals surface area contributed by atoms with Gasteiger partial charge in [-0.2, -0.15) is 0 Å². The number of hydrogen-bond donors (Lipinski definition) is 0. The summed E-state index contributed by atoms with van der Waals surface area (Å²) in [7, 11) is 0. The number of anilines is 3. The van der Waals surface area contributed by atoms with E-state index in [1.807, 2.05) is 0 Å². The maximum atomic E-state index is 2.48. The number of fused-ring (bicyclic) bond motifs is 13. The van der Waals surface area contributed by atoms with Gasteiger partial charge in [0.25, 0.3) is 0 Å². The highest BCUT2D eigenvalue weighted by Gasteiger charge is 2.47. The molecule has 0 spiro atoms. The highest BCUT2D eigenvalue weighted by atomic mass is 32.2. The molecule has 0 amide bonds. The van der Waals surface area contributed by atoms with Gasteiger partial charge in [-0.05, 0) is 151 Å². The molecule has 2 heteroatoms. The molecule has 8 aromatic carbocycles. The second-order valence-corrected chi connectivity index (χ2v) is 20.7. The molecule has 3 unspecified atom stereocenters. The van der Waals surface area contributed by atoms with E-state index in [0.717, 1.165) is 12.1 Å². The Kier molecular flexibility index (Phi) is 7.57. The van der Waals surface area contributed by atoms with E-state index in [-0.39, 0.29) is 15.6 Å². The zero-order valence-corrected chi connectivity index (χ0v) is 36.1. The second-order valence-electron chi connectivity index (χ2n) is 19.1. The lowest BCUT2D eigenvalue weighted by Gasteiger charge is -2.36. The van der Waals surface area contributed by atoms with Crippen LogP contribution in [-0.2, 0) is 10.8 Å². The maximum absolute atomic E-state index is 2.48. The molecule has 0 saturated heterocycles. The predicted molar refractivity (Wildman–Crippen MR) is 257 cm³/mol. The Hall–Kier alpha value is -5.83. The van der Waals surface area contributed by atoms with Gasteiger partial charge in [-0.25, -0.2) is 0 Å². The normalized spacial score (nSPS) is 21.0. The number of allylic oxidation sites excluding steroid dienone is 1. The molecule has 1 heterocycles. The summed E-state index contributed by atoms with van der Waals surface area (Å²) in [6.07, 6.45) is 6.04. The summed E-state index contributed by atoms with van der Waals surface area (Å²) in [6, 6.07) is 58.0. The minimum absolute atomic E-state index is 0.0925. The zero-order valence-electron chi connectivity index (χ0n) is 35.3. The van der Waals surface area contributed by atoms with Crippen LogP contribution in [0.4, 0.5) is 17.1 Å². The van der Waals surface area contributed by atoms with Gasteiger partial charge in [-0.1, -0.05) is 150 Å². The van der Waals surface area contributed by atoms with E-state index in [1.165, 1.54) is 93.4 Å². The van der Waals surface area contributed by atoms with Gasteiger partial charge in [0.1, 0.15) is 0 Å². The van der Waals surface area contributed by atoms with Gasteiger partial charge in [0.05, 0.1) is 0 Å². The number of nitrogens with zero attached hydrogens (tertiary/aromatic N) is 1. The van der Waals surface area contributed by atoms with Crippen molar-refractivity contribution in [3.8, 4) is 33.4 Å². The summed E-state index contributed by atoms with van der Waals surface area (Å²) in [4.78, 5) is 3.93. The molecule has 1 nitrogen and oxygen atoms in total. The lowest BCUT2D eigenvalue weighted by atomic mass is 9.72. The average Bonchev–Trinajstić information content (AvgIpc) is 3.80. The number of rotatable bonds is 4. The fourth-order valence-corrected chi connectivity index (χ4v) is 13.5. The number of benzene rings is 8. The van der Waals surface area contributed by atoms with Crippen molar-refractivity contribution in [2.45, 2.75) is 74.4 Å². The topological polar surface area (TPSA) is 3.24 Å². The van der Waals surface area contributed by atoms with Gasteiger partial charge in [0.2, 0.25) is 0 Å². The largest absolute Gasteiger partial charge is 0.310 e. The summed E-state index contributed by atoms with van der Waals surface area (Å²) >= 11 is 2.06. The molecule has 0 bridgehead atoms. The third-order valence-corrected chi connectivity index (χ3v) is 16.3. The predicted octanol–water partition coefficient (Wildman–Crippen LogP) is 16.3. The van der Waals surface area contributed by atoms with Crippen molar-refractivity contribution in [1.29, 1.82) is 0 Å². The molecule has 60 heavy (non-hydrogen) atoms. The number of thioether (sulfide) groups is 1. The van der Waals surface area contributed by atoms with Gasteiger partial charge < -0.3 is 4.90 Å². The van der Waals surface area contributed by atoms with Crippen molar-refractivity contribution in [3.63, 3.8) is 0 Å². The molecule has 0 radical (unpaired) electrons. The monoisotopic (exact) mass is 791 g/mol. The highest BCUT2D eigenvalue weighted by molar-refractivity contribution is 8.01. The first-order valence-corrected chi connectivity index (χ1v) is 22.6. The van der Waals surface area contributed by atoms with Crippen molar-refractivity contribution < 1.29 is 0 Å². The summed E-state index contributed by atoms with van der Waals surface area (Å²) in [6.45, 7) is 14.4. The molecule has 4 aliphatic rings. The van der Waals surface area contributed by atoms with Crippen LogP contribution in [0.1, 0.15) is 81.7 Å². The van der Waals surface area contributed by atoms with Crippen molar-refractivity contribution >= 4 is 50.4 Å². The minimum Gasteiger partial charge on any atom is -0.310 e. The molecular weight excluding hydrogens is 743 g/mol. The van der Waals surface area contributed by atoms with E-state index in [2.05, 4.69) is 222 Å². The fourth-order valence-electron chi connectivity index (χ4n) is 11.9. The van der Waals surface area contributed by atoms with Gasteiger partial charge >= 0.3 is 0 Å². The molecule has 0 aromatic heterocycles. The van der Waals surface area contributed by atoms with Crippen LogP contribution in [0.25, 0.3) is 54.9 Å². The third kappa shape index (κ3) is 5.01. The Labute approximate surface area is 358 Å². The first-order valence-electron chi connectivity index (χ1n) is 21.8. The van der Waals surface area contributed by atoms with Crippen LogP contribution in [0, 0.1) is 5.92 Å². The van der Waals surface area contributed by atoms with Crippen molar-refractivity contribution in [1.82, 2.24) is 0 Å². The first kappa shape index (κ1) is 36.1. The van der Waals surface area contributed by atoms with E-state index in [1.54, 1.807) is 5.56 Å². The van der Waals surface area contributed by atoms with E-state index >= 15 is 0 Å². The van der Waals surface area contributed by atoms with E-state index in [9.17, 15) is 0 Å². The molecule has 0 saturated carbocycles. The highest BCUT2D eigenvalue weighted by Crippen LogP contribution is 2.61. The smallest absolute Gasteiger partial charge is 0.0465 e. The molecule has 0 fully saturated rings. The van der Waals surface area contributed by atoms with E-state index in [0.29, 0.717) is 11.8 Å². The quantitative estimate of drug-likeness (QED) is 0.129. The minimum atomic E-state index is -0.0925. The molecule has 8 aromatic rings. The Morgan fingerprint density at radius 3 is 1.72 bits per heavy atom. The Balaban J connectivity index is 0.965. The van der Waals surface area contributed by atoms with Gasteiger partial charge in [0.15, 0.2) is 0 Å². The van der Waals surface area contributed by atoms with Crippen LogP contribution in [0.15, 0.2) is 169 Å².